The van der Waals surface area contributed by atoms with Crippen LogP contribution in [-0.2, 0) is 10.3 Å². The molecule has 6 heteroatoms. The first-order valence-corrected chi connectivity index (χ1v) is 9.18. The summed E-state index contributed by atoms with van der Waals surface area (Å²) in [6.07, 6.45) is 0.434. The highest BCUT2D eigenvalue weighted by atomic mass is 16.7. The number of benzene rings is 2. The molecule has 1 amide bonds. The van der Waals surface area contributed by atoms with Crippen LogP contribution >= 0.6 is 0 Å². The summed E-state index contributed by atoms with van der Waals surface area (Å²) < 4.78 is 5.56. The van der Waals surface area contributed by atoms with Gasteiger partial charge in [-0.15, -0.1) is 0 Å². The van der Waals surface area contributed by atoms with Gasteiger partial charge in [0.05, 0.1) is 0 Å². The molecule has 1 saturated heterocycles. The van der Waals surface area contributed by atoms with Crippen molar-refractivity contribution in [1.82, 2.24) is 5.06 Å². The van der Waals surface area contributed by atoms with Crippen LogP contribution in [0.2, 0.25) is 0 Å². The summed E-state index contributed by atoms with van der Waals surface area (Å²) in [5.41, 5.74) is 3.87. The molecule has 2 aliphatic heterocycles. The summed E-state index contributed by atoms with van der Waals surface area (Å²) in [6, 6.07) is 13.4. The highest BCUT2D eigenvalue weighted by Gasteiger charge is 2.50. The Bertz CT molecular complexity index is 885. The Labute approximate surface area is 159 Å². The van der Waals surface area contributed by atoms with Gasteiger partial charge in [-0.2, -0.15) is 5.06 Å². The Morgan fingerprint density at radius 1 is 1.26 bits per heavy atom. The molecular weight excluding hydrogens is 342 g/mol. The van der Waals surface area contributed by atoms with Gasteiger partial charge in [-0.3, -0.25) is 10.2 Å². The molecule has 2 aromatic rings. The van der Waals surface area contributed by atoms with Crippen molar-refractivity contribution in [2.45, 2.75) is 31.9 Å². The number of rotatable bonds is 2. The highest BCUT2D eigenvalue weighted by molar-refractivity contribution is 5.87. The van der Waals surface area contributed by atoms with Crippen molar-refractivity contribution in [2.24, 2.45) is 0 Å². The van der Waals surface area contributed by atoms with E-state index in [1.807, 2.05) is 68.5 Å². The van der Waals surface area contributed by atoms with Gasteiger partial charge in [0.25, 0.3) is 0 Å². The zero-order chi connectivity index (χ0) is 19.2. The van der Waals surface area contributed by atoms with Crippen molar-refractivity contribution < 1.29 is 14.4 Å². The number of ether oxygens (including phenoxy) is 1. The average molecular weight is 367 g/mol. The molecule has 0 aliphatic carbocycles. The number of carbonyl (C=O) groups excluding carboxylic acids is 1. The van der Waals surface area contributed by atoms with Crippen LogP contribution in [0.15, 0.2) is 42.5 Å². The minimum absolute atomic E-state index is 0.0534. The predicted octanol–water partition coefficient (Wildman–Crippen LogP) is 3.91. The van der Waals surface area contributed by atoms with E-state index in [-0.39, 0.29) is 11.6 Å². The lowest BCUT2D eigenvalue weighted by molar-refractivity contribution is -0.226. The Morgan fingerprint density at radius 3 is 2.81 bits per heavy atom. The van der Waals surface area contributed by atoms with Gasteiger partial charge in [-0.05, 0) is 48.7 Å². The van der Waals surface area contributed by atoms with Gasteiger partial charge in [0.2, 0.25) is 0 Å². The lowest BCUT2D eigenvalue weighted by Crippen LogP contribution is -2.52. The van der Waals surface area contributed by atoms with Crippen LogP contribution in [0.25, 0.3) is 0 Å². The van der Waals surface area contributed by atoms with Crippen molar-refractivity contribution in [3.8, 4) is 5.75 Å². The number of aryl methyl sites for hydroxylation is 1. The molecule has 0 aromatic heterocycles. The van der Waals surface area contributed by atoms with Crippen molar-refractivity contribution in [3.63, 3.8) is 0 Å². The first-order valence-electron chi connectivity index (χ1n) is 9.18. The second-order valence-corrected chi connectivity index (χ2v) is 7.60. The van der Waals surface area contributed by atoms with E-state index in [9.17, 15) is 4.79 Å². The number of nitrogens with one attached hydrogen (secondary N) is 1. The third kappa shape index (κ3) is 3.05. The number of nitrogens with zero attached hydrogens (tertiary/aromatic N) is 2. The zero-order valence-corrected chi connectivity index (χ0v) is 16.2. The molecule has 0 bridgehead atoms. The zero-order valence-electron chi connectivity index (χ0n) is 16.2. The Kier molecular flexibility index (Phi) is 4.32. The monoisotopic (exact) mass is 367 g/mol. The summed E-state index contributed by atoms with van der Waals surface area (Å²) >= 11 is 0. The maximum Gasteiger partial charge on any atom is 0.417 e. The Balaban J connectivity index is 1.56. The van der Waals surface area contributed by atoms with Gasteiger partial charge < -0.3 is 9.64 Å². The summed E-state index contributed by atoms with van der Waals surface area (Å²) in [6.45, 7) is 5.02. The quantitative estimate of drug-likeness (QED) is 0.872. The van der Waals surface area contributed by atoms with Gasteiger partial charge in [0.1, 0.15) is 5.75 Å². The van der Waals surface area contributed by atoms with Crippen LogP contribution in [0, 0.1) is 6.92 Å². The van der Waals surface area contributed by atoms with Crippen LogP contribution in [0.4, 0.5) is 16.2 Å². The van der Waals surface area contributed by atoms with E-state index in [4.69, 9.17) is 9.57 Å². The first-order chi connectivity index (χ1) is 12.9. The molecule has 6 nitrogen and oxygen atoms in total. The largest absolute Gasteiger partial charge is 0.417 e. The van der Waals surface area contributed by atoms with E-state index in [1.54, 1.807) is 0 Å². The molecule has 4 rings (SSSR count). The molecule has 0 spiro atoms. The van der Waals surface area contributed by atoms with E-state index in [0.717, 1.165) is 35.5 Å². The van der Waals surface area contributed by atoms with E-state index >= 15 is 0 Å². The van der Waals surface area contributed by atoms with Crippen LogP contribution in [0.5, 0.6) is 5.75 Å². The van der Waals surface area contributed by atoms with Crippen molar-refractivity contribution in [1.29, 1.82) is 0 Å². The normalized spacial score (nSPS) is 24.3. The fourth-order valence-electron chi connectivity index (χ4n) is 4.04. The number of likely N-dealkylation sites (N-methyl/N-ethyl adjacent to an activating group) is 1. The number of hydroxylamine groups is 2. The highest BCUT2D eigenvalue weighted by Crippen LogP contribution is 2.50. The molecule has 2 aromatic carbocycles. The van der Waals surface area contributed by atoms with Gasteiger partial charge >= 0.3 is 6.09 Å². The third-order valence-electron chi connectivity index (χ3n) is 5.68. The smallest absolute Gasteiger partial charge is 0.410 e. The third-order valence-corrected chi connectivity index (χ3v) is 5.68. The lowest BCUT2D eigenvalue weighted by Gasteiger charge is -2.42. The van der Waals surface area contributed by atoms with Gasteiger partial charge in [-0.25, -0.2) is 4.79 Å². The first kappa shape index (κ1) is 17.8. The van der Waals surface area contributed by atoms with Crippen LogP contribution in [0.3, 0.4) is 0 Å². The number of hydrogen-bond donors (Lipinski definition) is 1. The number of amides is 1. The molecule has 1 N–H and O–H groups in total. The van der Waals surface area contributed by atoms with Gasteiger partial charge in [0, 0.05) is 37.4 Å². The van der Waals surface area contributed by atoms with Gasteiger partial charge in [-0.1, -0.05) is 25.1 Å². The number of anilines is 2. The van der Waals surface area contributed by atoms with Crippen molar-refractivity contribution >= 4 is 17.5 Å². The topological polar surface area (TPSA) is 54.0 Å². The lowest BCUT2D eigenvalue weighted by atomic mass is 9.79. The maximum absolute atomic E-state index is 12.3. The number of fused-ring (bicyclic) bond motifs is 3. The number of hydrogen-bond acceptors (Lipinski definition) is 5. The number of carbonyl (C=O) groups is 1. The summed E-state index contributed by atoms with van der Waals surface area (Å²) in [7, 11) is 4.00. The fraction of sp³-hybridized carbons (Fsp3) is 0.381. The standard InChI is InChI=1S/C21H25N3O3/c1-14-7-5-6-8-17(14)22-20(25)26-15-9-10-18-16(13-15)21(2)11-12-23(3)27-19(21)24(18)4/h5-10,13,19H,11-12H2,1-4H3,(H,22,25)/t19?,21-/m0/s1. The Morgan fingerprint density at radius 2 is 2.04 bits per heavy atom. The Hall–Kier alpha value is -2.57. The SMILES string of the molecule is Cc1ccccc1NC(=O)Oc1ccc2c(c1)[C@]1(C)CCN(C)OC1N2C. The van der Waals surface area contributed by atoms with E-state index < -0.39 is 6.09 Å². The van der Waals surface area contributed by atoms with E-state index in [2.05, 4.69) is 17.1 Å². The molecule has 2 atom stereocenters. The second kappa shape index (κ2) is 6.55. The average Bonchev–Trinajstić information content (AvgIpc) is 2.85. The molecule has 2 aliphatic rings. The predicted molar refractivity (Wildman–Crippen MR) is 105 cm³/mol. The van der Waals surface area contributed by atoms with Crippen LogP contribution in [-0.4, -0.2) is 38.0 Å². The molecule has 142 valence electrons. The molecular formula is C21H25N3O3. The fourth-order valence-corrected chi connectivity index (χ4v) is 4.04. The number of para-hydroxylation sites is 1. The molecule has 0 radical (unpaired) electrons. The molecule has 1 fully saturated rings. The minimum Gasteiger partial charge on any atom is -0.410 e. The summed E-state index contributed by atoms with van der Waals surface area (Å²) in [4.78, 5) is 20.5. The molecule has 27 heavy (non-hydrogen) atoms. The van der Waals surface area contributed by atoms with E-state index in [0.29, 0.717) is 5.75 Å². The molecule has 1 unspecified atom stereocenters. The maximum atomic E-state index is 12.3. The minimum atomic E-state index is -0.489. The summed E-state index contributed by atoms with van der Waals surface area (Å²) in [5, 5.41) is 4.69. The summed E-state index contributed by atoms with van der Waals surface area (Å²) in [5.74, 6) is 0.536. The van der Waals surface area contributed by atoms with Crippen molar-refractivity contribution in [2.75, 3.05) is 30.9 Å². The molecule has 2 heterocycles. The second-order valence-electron chi connectivity index (χ2n) is 7.60. The van der Waals surface area contributed by atoms with Gasteiger partial charge in [0.15, 0.2) is 6.23 Å². The van der Waals surface area contributed by atoms with Crippen LogP contribution < -0.4 is 15.0 Å². The van der Waals surface area contributed by atoms with Crippen molar-refractivity contribution in [3.05, 3.63) is 53.6 Å². The van der Waals surface area contributed by atoms with E-state index in [1.165, 1.54) is 0 Å². The van der Waals surface area contributed by atoms with Crippen LogP contribution in [0.1, 0.15) is 24.5 Å². The molecule has 0 saturated carbocycles.